The second-order valence-corrected chi connectivity index (χ2v) is 2.69. The van der Waals surface area contributed by atoms with Gasteiger partial charge in [-0.15, -0.1) is 0 Å². The summed E-state index contributed by atoms with van der Waals surface area (Å²) in [6.45, 7) is 0. The third kappa shape index (κ3) is 1.64. The number of nitrogens with zero attached hydrogens (tertiary/aromatic N) is 2. The molecule has 0 bridgehead atoms. The molecule has 0 saturated carbocycles. The molecule has 1 aromatic carbocycles. The van der Waals surface area contributed by atoms with Crippen LogP contribution in [0.3, 0.4) is 0 Å². The van der Waals surface area contributed by atoms with Gasteiger partial charge >= 0.3 is 0 Å². The molecule has 3 nitrogen and oxygen atoms in total. The van der Waals surface area contributed by atoms with E-state index >= 15 is 0 Å². The Bertz CT molecular complexity index is 381. The van der Waals surface area contributed by atoms with E-state index in [1.54, 1.807) is 12.4 Å². The third-order valence-electron chi connectivity index (χ3n) is 1.74. The maximum absolute atomic E-state index is 5.43. The second-order valence-electron chi connectivity index (χ2n) is 2.69. The van der Waals surface area contributed by atoms with Crippen LogP contribution in [0.4, 0.5) is 5.82 Å². The van der Waals surface area contributed by atoms with Crippen LogP contribution < -0.4 is 5.73 Å². The van der Waals surface area contributed by atoms with Crippen LogP contribution in [0.5, 0.6) is 0 Å². The maximum atomic E-state index is 5.43. The lowest BCUT2D eigenvalue weighted by Crippen LogP contribution is -1.91. The smallest absolute Gasteiger partial charge is 0.141 e. The Morgan fingerprint density at radius 3 is 2.31 bits per heavy atom. The van der Waals surface area contributed by atoms with Gasteiger partial charge in [-0.3, -0.25) is 4.98 Å². The number of nitrogens with two attached hydrogens (primary N) is 1. The lowest BCUT2D eigenvalue weighted by Gasteiger charge is -1.98. The topological polar surface area (TPSA) is 51.8 Å². The number of benzene rings is 1. The highest BCUT2D eigenvalue weighted by Gasteiger charge is 1.96. The molecule has 0 aliphatic rings. The quantitative estimate of drug-likeness (QED) is 0.710. The van der Waals surface area contributed by atoms with Crippen molar-refractivity contribution >= 4 is 5.82 Å². The van der Waals surface area contributed by atoms with Gasteiger partial charge in [-0.25, -0.2) is 4.98 Å². The van der Waals surface area contributed by atoms with E-state index in [0.29, 0.717) is 5.82 Å². The maximum Gasteiger partial charge on any atom is 0.141 e. The van der Waals surface area contributed by atoms with Crippen molar-refractivity contribution < 1.29 is 0 Å². The number of hydrogen-bond acceptors (Lipinski definition) is 3. The number of nitrogen functional groups attached to an aromatic ring is 1. The molecule has 64 valence electrons. The van der Waals surface area contributed by atoms with Crippen LogP contribution in [0.15, 0.2) is 42.7 Å². The van der Waals surface area contributed by atoms with Crippen molar-refractivity contribution in [2.75, 3.05) is 5.73 Å². The van der Waals surface area contributed by atoms with E-state index in [-0.39, 0.29) is 0 Å². The lowest BCUT2D eigenvalue weighted by molar-refractivity contribution is 1.22. The normalized spacial score (nSPS) is 9.85. The van der Waals surface area contributed by atoms with Gasteiger partial charge in [-0.1, -0.05) is 30.3 Å². The van der Waals surface area contributed by atoms with Crippen molar-refractivity contribution in [2.45, 2.75) is 0 Å². The molecule has 0 aliphatic carbocycles. The van der Waals surface area contributed by atoms with Crippen molar-refractivity contribution in [3.8, 4) is 11.3 Å². The Balaban J connectivity index is 2.42. The number of rotatable bonds is 1. The van der Waals surface area contributed by atoms with Crippen LogP contribution in [0.1, 0.15) is 0 Å². The minimum Gasteiger partial charge on any atom is -0.382 e. The predicted molar refractivity (Wildman–Crippen MR) is 51.9 cm³/mol. The lowest BCUT2D eigenvalue weighted by atomic mass is 10.2. The van der Waals surface area contributed by atoms with Crippen LogP contribution in [0.2, 0.25) is 0 Å². The Labute approximate surface area is 76.3 Å². The summed E-state index contributed by atoms with van der Waals surface area (Å²) in [4.78, 5) is 8.13. The first-order valence-electron chi connectivity index (χ1n) is 3.99. The molecule has 0 spiro atoms. The van der Waals surface area contributed by atoms with Crippen molar-refractivity contribution in [1.82, 2.24) is 9.97 Å². The van der Waals surface area contributed by atoms with Crippen LogP contribution >= 0.6 is 0 Å². The van der Waals surface area contributed by atoms with Gasteiger partial charge in [0.05, 0.1) is 18.1 Å². The summed E-state index contributed by atoms with van der Waals surface area (Å²) in [6, 6.07) is 9.87. The van der Waals surface area contributed by atoms with Gasteiger partial charge in [0.15, 0.2) is 0 Å². The van der Waals surface area contributed by atoms with Crippen molar-refractivity contribution in [2.24, 2.45) is 0 Å². The van der Waals surface area contributed by atoms with Crippen LogP contribution in [0.25, 0.3) is 11.3 Å². The summed E-state index contributed by atoms with van der Waals surface area (Å²) in [5.74, 6) is 0.444. The zero-order valence-electron chi connectivity index (χ0n) is 7.01. The Kier molecular flexibility index (Phi) is 1.92. The molecular weight excluding hydrogens is 162 g/mol. The van der Waals surface area contributed by atoms with Crippen molar-refractivity contribution in [1.29, 1.82) is 0 Å². The molecule has 0 atom stereocenters. The fourth-order valence-electron chi connectivity index (χ4n) is 1.10. The standard InChI is InChI=1S/C10H9N3/c11-10-7-12-9(6-13-10)8-4-2-1-3-5-8/h1-7H,(H2,11,13). The predicted octanol–water partition coefficient (Wildman–Crippen LogP) is 1.73. The average molecular weight is 171 g/mol. The summed E-state index contributed by atoms with van der Waals surface area (Å²) in [5, 5.41) is 0. The molecule has 0 unspecified atom stereocenters. The average Bonchev–Trinajstić information content (AvgIpc) is 2.20. The highest BCUT2D eigenvalue weighted by atomic mass is 14.9. The molecule has 2 N–H and O–H groups in total. The van der Waals surface area contributed by atoms with E-state index in [1.165, 1.54) is 0 Å². The second kappa shape index (κ2) is 3.23. The van der Waals surface area contributed by atoms with Gasteiger partial charge in [-0.2, -0.15) is 0 Å². The van der Waals surface area contributed by atoms with E-state index < -0.39 is 0 Å². The van der Waals surface area contributed by atoms with Crippen molar-refractivity contribution in [3.05, 3.63) is 42.7 Å². The minimum absolute atomic E-state index is 0.444. The van der Waals surface area contributed by atoms with Gasteiger partial charge in [-0.05, 0) is 0 Å². The Morgan fingerprint density at radius 2 is 1.69 bits per heavy atom. The van der Waals surface area contributed by atoms with E-state index in [9.17, 15) is 0 Å². The zero-order chi connectivity index (χ0) is 9.10. The largest absolute Gasteiger partial charge is 0.382 e. The van der Waals surface area contributed by atoms with Crippen molar-refractivity contribution in [3.63, 3.8) is 0 Å². The highest BCUT2D eigenvalue weighted by molar-refractivity contribution is 5.58. The summed E-state index contributed by atoms with van der Waals surface area (Å²) >= 11 is 0. The molecular formula is C10H9N3. The molecule has 1 aromatic heterocycles. The first-order chi connectivity index (χ1) is 6.36. The first kappa shape index (κ1) is 7.73. The van der Waals surface area contributed by atoms with E-state index in [4.69, 9.17) is 5.73 Å². The Morgan fingerprint density at radius 1 is 0.923 bits per heavy atom. The summed E-state index contributed by atoms with van der Waals surface area (Å²) < 4.78 is 0. The minimum atomic E-state index is 0.444. The molecule has 3 heteroatoms. The van der Waals surface area contributed by atoms with Crippen LogP contribution in [-0.4, -0.2) is 9.97 Å². The van der Waals surface area contributed by atoms with Crippen LogP contribution in [-0.2, 0) is 0 Å². The molecule has 2 rings (SSSR count). The monoisotopic (exact) mass is 171 g/mol. The van der Waals surface area contributed by atoms with Gasteiger partial charge < -0.3 is 5.73 Å². The molecule has 2 aromatic rings. The van der Waals surface area contributed by atoms with E-state index in [0.717, 1.165) is 11.3 Å². The Hall–Kier alpha value is -1.90. The van der Waals surface area contributed by atoms with E-state index in [2.05, 4.69) is 9.97 Å². The molecule has 0 amide bonds. The fraction of sp³-hybridized carbons (Fsp3) is 0. The third-order valence-corrected chi connectivity index (χ3v) is 1.74. The molecule has 13 heavy (non-hydrogen) atoms. The van der Waals surface area contributed by atoms with Gasteiger partial charge in [0, 0.05) is 5.56 Å². The molecule has 0 fully saturated rings. The summed E-state index contributed by atoms with van der Waals surface area (Å²) in [7, 11) is 0. The fourth-order valence-corrected chi connectivity index (χ4v) is 1.10. The molecule has 0 radical (unpaired) electrons. The van der Waals surface area contributed by atoms with Gasteiger partial charge in [0.2, 0.25) is 0 Å². The van der Waals surface area contributed by atoms with Gasteiger partial charge in [0.1, 0.15) is 5.82 Å². The zero-order valence-corrected chi connectivity index (χ0v) is 7.01. The SMILES string of the molecule is Nc1cnc(-c2ccccc2)cn1. The number of aromatic nitrogens is 2. The molecule has 1 heterocycles. The first-order valence-corrected chi connectivity index (χ1v) is 3.99. The number of hydrogen-bond donors (Lipinski definition) is 1. The summed E-state index contributed by atoms with van der Waals surface area (Å²) in [6.07, 6.45) is 3.23. The van der Waals surface area contributed by atoms with E-state index in [1.807, 2.05) is 30.3 Å². The highest BCUT2D eigenvalue weighted by Crippen LogP contribution is 2.14. The van der Waals surface area contributed by atoms with Crippen LogP contribution in [0, 0.1) is 0 Å². The number of anilines is 1. The summed E-state index contributed by atoms with van der Waals surface area (Å²) in [5.41, 5.74) is 7.32. The van der Waals surface area contributed by atoms with Gasteiger partial charge in [0.25, 0.3) is 0 Å². The molecule has 0 aliphatic heterocycles. The molecule has 0 saturated heterocycles.